The van der Waals surface area contributed by atoms with Crippen LogP contribution < -0.4 is 9.47 Å². The highest BCUT2D eigenvalue weighted by Gasteiger charge is 2.34. The lowest BCUT2D eigenvalue weighted by atomic mass is 10.1. The first-order valence-electron chi connectivity index (χ1n) is 10.6. The predicted molar refractivity (Wildman–Crippen MR) is 123 cm³/mol. The maximum atomic E-state index is 13.0. The van der Waals surface area contributed by atoms with E-state index in [1.54, 1.807) is 25.3 Å². The Kier molecular flexibility index (Phi) is 6.93. The Morgan fingerprint density at radius 3 is 2.41 bits per heavy atom. The number of hydrogen-bond acceptors (Lipinski definition) is 6. The van der Waals surface area contributed by atoms with E-state index in [4.69, 9.17) is 21.1 Å². The molecule has 2 fully saturated rings. The van der Waals surface area contributed by atoms with Gasteiger partial charge in [0.2, 0.25) is 0 Å². The number of methoxy groups -OCH3 is 1. The Bertz CT molecular complexity index is 1070. The van der Waals surface area contributed by atoms with Gasteiger partial charge in [-0.15, -0.1) is 0 Å². The minimum Gasteiger partial charge on any atom is -0.493 e. The SMILES string of the molecule is COc1cc(C(=O)N2CCN(C3CCS(=O)(=O)C3)CC2)ccc1OCc1ccc(Cl)cc1. The van der Waals surface area contributed by atoms with E-state index in [2.05, 4.69) is 4.90 Å². The van der Waals surface area contributed by atoms with Crippen LogP contribution in [0.25, 0.3) is 0 Å². The molecule has 0 radical (unpaired) electrons. The van der Waals surface area contributed by atoms with Gasteiger partial charge in [0.1, 0.15) is 6.61 Å². The summed E-state index contributed by atoms with van der Waals surface area (Å²) in [6, 6.07) is 12.7. The van der Waals surface area contributed by atoms with Gasteiger partial charge in [-0.2, -0.15) is 0 Å². The summed E-state index contributed by atoms with van der Waals surface area (Å²) in [6.45, 7) is 2.88. The zero-order valence-corrected chi connectivity index (χ0v) is 19.6. The van der Waals surface area contributed by atoms with Crippen LogP contribution in [0, 0.1) is 0 Å². The smallest absolute Gasteiger partial charge is 0.254 e. The number of hydrogen-bond donors (Lipinski definition) is 0. The van der Waals surface area contributed by atoms with Gasteiger partial charge in [-0.25, -0.2) is 8.42 Å². The van der Waals surface area contributed by atoms with E-state index >= 15 is 0 Å². The molecule has 172 valence electrons. The second kappa shape index (κ2) is 9.68. The van der Waals surface area contributed by atoms with Gasteiger partial charge < -0.3 is 14.4 Å². The molecule has 0 aliphatic carbocycles. The van der Waals surface area contributed by atoms with E-state index in [0.717, 1.165) is 5.56 Å². The Balaban J connectivity index is 1.36. The molecule has 0 saturated carbocycles. The molecule has 1 unspecified atom stereocenters. The second-order valence-corrected chi connectivity index (χ2v) is 10.8. The van der Waals surface area contributed by atoms with E-state index in [1.807, 2.05) is 29.2 Å². The van der Waals surface area contributed by atoms with E-state index in [1.165, 1.54) is 0 Å². The number of piperazine rings is 1. The third-order valence-electron chi connectivity index (χ3n) is 6.04. The molecule has 0 N–H and O–H groups in total. The lowest BCUT2D eigenvalue weighted by Crippen LogP contribution is -2.52. The molecule has 2 aliphatic heterocycles. The topological polar surface area (TPSA) is 76.2 Å². The predicted octanol–water partition coefficient (Wildman–Crippen LogP) is 2.87. The van der Waals surface area contributed by atoms with Crippen molar-refractivity contribution in [3.05, 3.63) is 58.6 Å². The molecule has 2 heterocycles. The fraction of sp³-hybridized carbons (Fsp3) is 0.435. The highest BCUT2D eigenvalue weighted by molar-refractivity contribution is 7.91. The summed E-state index contributed by atoms with van der Waals surface area (Å²) in [4.78, 5) is 17.0. The molecule has 32 heavy (non-hydrogen) atoms. The Morgan fingerprint density at radius 1 is 1.06 bits per heavy atom. The summed E-state index contributed by atoms with van der Waals surface area (Å²) in [6.07, 6.45) is 0.685. The maximum absolute atomic E-state index is 13.0. The fourth-order valence-electron chi connectivity index (χ4n) is 4.20. The normalized spacial score (nSPS) is 20.8. The van der Waals surface area contributed by atoms with Gasteiger partial charge in [0, 0.05) is 42.8 Å². The van der Waals surface area contributed by atoms with Crippen LogP contribution in [-0.4, -0.2) is 75.0 Å². The average Bonchev–Trinajstić information content (AvgIpc) is 3.18. The van der Waals surface area contributed by atoms with Crippen molar-refractivity contribution in [2.45, 2.75) is 19.1 Å². The van der Waals surface area contributed by atoms with E-state index in [-0.39, 0.29) is 23.5 Å². The molecule has 2 aromatic carbocycles. The van der Waals surface area contributed by atoms with E-state index in [0.29, 0.717) is 61.3 Å². The second-order valence-electron chi connectivity index (χ2n) is 8.17. The van der Waals surface area contributed by atoms with Crippen molar-refractivity contribution in [2.75, 3.05) is 44.8 Å². The van der Waals surface area contributed by atoms with Crippen molar-refractivity contribution >= 4 is 27.3 Å². The highest BCUT2D eigenvalue weighted by Crippen LogP contribution is 2.30. The van der Waals surface area contributed by atoms with Crippen LogP contribution in [0.1, 0.15) is 22.3 Å². The lowest BCUT2D eigenvalue weighted by Gasteiger charge is -2.37. The number of benzene rings is 2. The molecule has 2 aromatic rings. The summed E-state index contributed by atoms with van der Waals surface area (Å²) in [5.41, 5.74) is 1.52. The van der Waals surface area contributed by atoms with E-state index in [9.17, 15) is 13.2 Å². The van der Waals surface area contributed by atoms with Crippen LogP contribution >= 0.6 is 11.6 Å². The fourth-order valence-corrected chi connectivity index (χ4v) is 6.09. The first-order chi connectivity index (χ1) is 15.3. The Morgan fingerprint density at radius 2 is 1.78 bits per heavy atom. The van der Waals surface area contributed by atoms with Crippen LogP contribution in [0.4, 0.5) is 0 Å². The van der Waals surface area contributed by atoms with Crippen LogP contribution in [-0.2, 0) is 16.4 Å². The largest absolute Gasteiger partial charge is 0.493 e. The highest BCUT2D eigenvalue weighted by atomic mass is 35.5. The Labute approximate surface area is 193 Å². The van der Waals surface area contributed by atoms with Crippen LogP contribution in [0.3, 0.4) is 0 Å². The minimum absolute atomic E-state index is 0.0637. The zero-order chi connectivity index (χ0) is 22.7. The van der Waals surface area contributed by atoms with Crippen LogP contribution in [0.5, 0.6) is 11.5 Å². The molecule has 7 nitrogen and oxygen atoms in total. The summed E-state index contributed by atoms with van der Waals surface area (Å²) >= 11 is 5.92. The lowest BCUT2D eigenvalue weighted by molar-refractivity contribution is 0.0587. The van der Waals surface area contributed by atoms with Gasteiger partial charge in [-0.3, -0.25) is 9.69 Å². The van der Waals surface area contributed by atoms with Crippen molar-refractivity contribution in [3.63, 3.8) is 0 Å². The molecule has 0 spiro atoms. The summed E-state index contributed by atoms with van der Waals surface area (Å²) in [5, 5.41) is 0.670. The van der Waals surface area contributed by atoms with Gasteiger partial charge in [0.05, 0.1) is 18.6 Å². The first kappa shape index (κ1) is 22.9. The molecule has 4 rings (SSSR count). The van der Waals surface area contributed by atoms with Crippen molar-refractivity contribution in [1.82, 2.24) is 9.80 Å². The zero-order valence-electron chi connectivity index (χ0n) is 18.0. The molecule has 1 atom stereocenters. The quantitative estimate of drug-likeness (QED) is 0.635. The molecular formula is C23H27ClN2O5S. The number of ether oxygens (including phenoxy) is 2. The van der Waals surface area contributed by atoms with Crippen molar-refractivity contribution in [3.8, 4) is 11.5 Å². The van der Waals surface area contributed by atoms with Crippen molar-refractivity contribution in [2.24, 2.45) is 0 Å². The number of halogens is 1. The van der Waals surface area contributed by atoms with Gasteiger partial charge in [0.25, 0.3) is 5.91 Å². The molecule has 0 bridgehead atoms. The number of rotatable bonds is 6. The van der Waals surface area contributed by atoms with Crippen LogP contribution in [0.2, 0.25) is 5.02 Å². The molecule has 2 saturated heterocycles. The molecule has 1 amide bonds. The first-order valence-corrected chi connectivity index (χ1v) is 12.8. The molecule has 2 aliphatic rings. The maximum Gasteiger partial charge on any atom is 0.254 e. The van der Waals surface area contributed by atoms with Gasteiger partial charge in [-0.1, -0.05) is 23.7 Å². The molecule has 9 heteroatoms. The number of carbonyl (C=O) groups excluding carboxylic acids is 1. The minimum atomic E-state index is -2.91. The van der Waals surface area contributed by atoms with Gasteiger partial charge in [-0.05, 0) is 42.3 Å². The van der Waals surface area contributed by atoms with Crippen molar-refractivity contribution < 1.29 is 22.7 Å². The van der Waals surface area contributed by atoms with Gasteiger partial charge >= 0.3 is 0 Å². The van der Waals surface area contributed by atoms with Gasteiger partial charge in [0.15, 0.2) is 21.3 Å². The molecular weight excluding hydrogens is 452 g/mol. The summed E-state index contributed by atoms with van der Waals surface area (Å²) in [5.74, 6) is 1.50. The monoisotopic (exact) mass is 478 g/mol. The summed E-state index contributed by atoms with van der Waals surface area (Å²) in [7, 11) is -1.36. The number of nitrogens with zero attached hydrogens (tertiary/aromatic N) is 2. The number of carbonyl (C=O) groups is 1. The third kappa shape index (κ3) is 5.36. The number of amides is 1. The van der Waals surface area contributed by atoms with E-state index < -0.39 is 9.84 Å². The standard InChI is InChI=1S/C23H27ClN2O5S/c1-30-22-14-18(4-7-21(22)31-15-17-2-5-19(24)6-3-17)23(27)26-11-9-25(10-12-26)20-8-13-32(28,29)16-20/h2-7,14,20H,8-13,15-16H2,1H3. The Hall–Kier alpha value is -2.29. The third-order valence-corrected chi connectivity index (χ3v) is 8.05. The van der Waals surface area contributed by atoms with Crippen molar-refractivity contribution in [1.29, 1.82) is 0 Å². The molecule has 0 aromatic heterocycles. The number of sulfone groups is 1. The summed E-state index contributed by atoms with van der Waals surface area (Å²) < 4.78 is 34.8. The van der Waals surface area contributed by atoms with Crippen LogP contribution in [0.15, 0.2) is 42.5 Å². The average molecular weight is 479 g/mol.